The minimum Gasteiger partial charge on any atom is -0.488 e. The molecule has 0 saturated heterocycles. The number of hydrogen-bond acceptors (Lipinski definition) is 7. The molecule has 18 heteroatoms. The fourth-order valence-corrected chi connectivity index (χ4v) is 5.35. The summed E-state index contributed by atoms with van der Waals surface area (Å²) in [5.41, 5.74) is -5.31. The average molecular weight is 706 g/mol. The van der Waals surface area contributed by atoms with Gasteiger partial charge in [-0.25, -0.2) is 23.4 Å². The summed E-state index contributed by atoms with van der Waals surface area (Å²) < 4.78 is 122. The van der Waals surface area contributed by atoms with E-state index >= 15 is 4.39 Å². The second-order valence-electron chi connectivity index (χ2n) is 12.3. The van der Waals surface area contributed by atoms with Crippen LogP contribution in [0.5, 0.6) is 5.75 Å². The van der Waals surface area contributed by atoms with Crippen LogP contribution in [0.15, 0.2) is 52.6 Å². The standard InChI is InChI=1S/C30H31F8N5O4Si/c1-17(47-24-14-41-43(16-46-7-8-48(2,3)4)28(45)25(24)30(36,37)38)9-20(31)15-42-6-5-18-10-22(23(32)11-21(18)27(42)44)26-39-12-19(13-40-26)29(33,34)35/h5-6,10-14,17,20H,7-9,15-16H2,1-4H3/t17-,20?/m0/s1. The van der Waals surface area contributed by atoms with Crippen LogP contribution >= 0.6 is 0 Å². The first-order valence-corrected chi connectivity index (χ1v) is 18.2. The topological polar surface area (TPSA) is 101 Å². The van der Waals surface area contributed by atoms with Crippen molar-refractivity contribution in [1.29, 1.82) is 0 Å². The van der Waals surface area contributed by atoms with Crippen molar-refractivity contribution >= 4 is 18.8 Å². The Labute approximate surface area is 269 Å². The molecule has 0 amide bonds. The maximum atomic E-state index is 15.1. The molecule has 260 valence electrons. The van der Waals surface area contributed by atoms with Crippen LogP contribution in [0.4, 0.5) is 35.1 Å². The first kappa shape index (κ1) is 36.6. The van der Waals surface area contributed by atoms with Gasteiger partial charge in [-0.3, -0.25) is 9.59 Å². The number of fused-ring (bicyclic) bond motifs is 1. The highest BCUT2D eigenvalue weighted by atomic mass is 28.3. The highest BCUT2D eigenvalue weighted by molar-refractivity contribution is 6.76. The lowest BCUT2D eigenvalue weighted by Crippen LogP contribution is -2.33. The lowest BCUT2D eigenvalue weighted by molar-refractivity contribution is -0.141. The van der Waals surface area contributed by atoms with Crippen LogP contribution in [0.1, 0.15) is 24.5 Å². The van der Waals surface area contributed by atoms with Gasteiger partial charge in [-0.05, 0) is 36.6 Å². The Balaban J connectivity index is 1.46. The van der Waals surface area contributed by atoms with Gasteiger partial charge in [0.2, 0.25) is 0 Å². The smallest absolute Gasteiger partial charge is 0.425 e. The molecule has 0 fully saturated rings. The van der Waals surface area contributed by atoms with Crippen LogP contribution in [0.25, 0.3) is 22.2 Å². The van der Waals surface area contributed by atoms with E-state index in [1.54, 1.807) is 0 Å². The molecule has 4 aromatic rings. The third-order valence-corrected chi connectivity index (χ3v) is 8.80. The second kappa shape index (κ2) is 14.1. The van der Waals surface area contributed by atoms with E-state index < -0.39 is 86.2 Å². The number of alkyl halides is 7. The van der Waals surface area contributed by atoms with E-state index in [4.69, 9.17) is 9.47 Å². The number of nitrogens with zero attached hydrogens (tertiary/aromatic N) is 5. The van der Waals surface area contributed by atoms with Crippen molar-refractivity contribution in [3.05, 3.63) is 80.6 Å². The largest absolute Gasteiger partial charge is 0.488 e. The molecule has 1 unspecified atom stereocenters. The molecule has 0 aliphatic heterocycles. The molecule has 0 spiro atoms. The fourth-order valence-electron chi connectivity index (χ4n) is 4.59. The normalized spacial score (nSPS) is 13.9. The zero-order chi connectivity index (χ0) is 35.6. The van der Waals surface area contributed by atoms with Gasteiger partial charge in [-0.1, -0.05) is 19.6 Å². The van der Waals surface area contributed by atoms with E-state index in [9.17, 15) is 40.3 Å². The molecule has 0 radical (unpaired) electrons. The second-order valence-corrected chi connectivity index (χ2v) is 17.9. The molecule has 0 aliphatic rings. The monoisotopic (exact) mass is 705 g/mol. The van der Waals surface area contributed by atoms with Gasteiger partial charge in [0.1, 0.15) is 18.7 Å². The van der Waals surface area contributed by atoms with Crippen LogP contribution in [-0.4, -0.2) is 51.3 Å². The van der Waals surface area contributed by atoms with Crippen molar-refractivity contribution in [1.82, 2.24) is 24.3 Å². The predicted octanol–water partition coefficient (Wildman–Crippen LogP) is 6.70. The van der Waals surface area contributed by atoms with Crippen molar-refractivity contribution in [2.45, 2.75) is 76.9 Å². The van der Waals surface area contributed by atoms with Gasteiger partial charge in [0, 0.05) is 39.7 Å². The zero-order valence-corrected chi connectivity index (χ0v) is 27.1. The fraction of sp³-hybridized carbons (Fsp3) is 0.433. The number of halogens is 8. The number of rotatable bonds is 12. The molecule has 0 N–H and O–H groups in total. The molecule has 9 nitrogen and oxygen atoms in total. The molecule has 0 aliphatic carbocycles. The van der Waals surface area contributed by atoms with E-state index in [1.807, 2.05) is 0 Å². The average Bonchev–Trinajstić information content (AvgIpc) is 2.96. The number of pyridine rings is 1. The lowest BCUT2D eigenvalue weighted by Gasteiger charge is -2.21. The summed E-state index contributed by atoms with van der Waals surface area (Å²) >= 11 is 0. The number of aromatic nitrogens is 5. The third kappa shape index (κ3) is 9.03. The van der Waals surface area contributed by atoms with E-state index in [0.29, 0.717) is 23.3 Å². The van der Waals surface area contributed by atoms with E-state index in [1.165, 1.54) is 25.3 Å². The SMILES string of the molecule is C[C@@H](CC(F)Cn1ccc2cc(-c3ncc(C(F)(F)F)cn3)c(F)cc2c1=O)Oc1cnn(COCC[Si](C)(C)C)c(=O)c1C(F)(F)F. The van der Waals surface area contributed by atoms with Crippen LogP contribution in [-0.2, 0) is 30.4 Å². The summed E-state index contributed by atoms with van der Waals surface area (Å²) in [5.74, 6) is -2.25. The Kier molecular flexibility index (Phi) is 10.8. The summed E-state index contributed by atoms with van der Waals surface area (Å²) in [4.78, 5) is 32.8. The third-order valence-electron chi connectivity index (χ3n) is 7.10. The van der Waals surface area contributed by atoms with Crippen molar-refractivity contribution in [3.8, 4) is 17.1 Å². The molecule has 3 aromatic heterocycles. The molecule has 1 aromatic carbocycles. The van der Waals surface area contributed by atoms with Crippen LogP contribution in [0, 0.1) is 5.82 Å². The Hall–Kier alpha value is -4.19. The number of benzene rings is 1. The summed E-state index contributed by atoms with van der Waals surface area (Å²) in [6, 6.07) is 4.07. The maximum Gasteiger partial charge on any atom is 0.425 e. The van der Waals surface area contributed by atoms with Crippen LogP contribution < -0.4 is 15.9 Å². The molecule has 48 heavy (non-hydrogen) atoms. The van der Waals surface area contributed by atoms with E-state index in [-0.39, 0.29) is 28.8 Å². The van der Waals surface area contributed by atoms with Crippen LogP contribution in [0.3, 0.4) is 0 Å². The molecular formula is C30H31F8N5O4Si. The minimum absolute atomic E-state index is 0.173. The first-order valence-electron chi connectivity index (χ1n) is 14.5. The molecule has 4 rings (SSSR count). The van der Waals surface area contributed by atoms with Gasteiger partial charge in [-0.15, -0.1) is 0 Å². The molecule has 3 heterocycles. The van der Waals surface area contributed by atoms with Gasteiger partial charge in [-0.2, -0.15) is 31.4 Å². The van der Waals surface area contributed by atoms with Gasteiger partial charge in [0.15, 0.2) is 17.1 Å². The maximum absolute atomic E-state index is 15.1. The summed E-state index contributed by atoms with van der Waals surface area (Å²) in [5, 5.41) is 3.72. The molecule has 2 atom stereocenters. The van der Waals surface area contributed by atoms with Gasteiger partial charge >= 0.3 is 12.4 Å². The highest BCUT2D eigenvalue weighted by Crippen LogP contribution is 2.34. The summed E-state index contributed by atoms with van der Waals surface area (Å²) in [6.07, 6.45) is -10.4. The first-order chi connectivity index (χ1) is 22.2. The van der Waals surface area contributed by atoms with Crippen molar-refractivity contribution in [2.24, 2.45) is 0 Å². The molecule has 0 bridgehead atoms. The number of ether oxygens (including phenoxy) is 2. The Bertz CT molecular complexity index is 1870. The minimum atomic E-state index is -5.11. The van der Waals surface area contributed by atoms with Crippen molar-refractivity contribution < 1.29 is 44.6 Å². The van der Waals surface area contributed by atoms with Gasteiger partial charge < -0.3 is 14.0 Å². The number of hydrogen-bond donors (Lipinski definition) is 0. The van der Waals surface area contributed by atoms with E-state index in [0.717, 1.165) is 16.7 Å². The van der Waals surface area contributed by atoms with Crippen LogP contribution in [0.2, 0.25) is 25.7 Å². The van der Waals surface area contributed by atoms with Gasteiger partial charge in [0.25, 0.3) is 11.1 Å². The quantitative estimate of drug-likeness (QED) is 0.0919. The lowest BCUT2D eigenvalue weighted by atomic mass is 10.1. The molecule has 0 saturated carbocycles. The summed E-state index contributed by atoms with van der Waals surface area (Å²) in [7, 11) is -1.48. The Morgan fingerprint density at radius 3 is 2.23 bits per heavy atom. The molecular weight excluding hydrogens is 674 g/mol. The highest BCUT2D eigenvalue weighted by Gasteiger charge is 2.40. The Morgan fingerprint density at radius 2 is 1.62 bits per heavy atom. The van der Waals surface area contributed by atoms with Crippen molar-refractivity contribution in [3.63, 3.8) is 0 Å². The predicted molar refractivity (Wildman–Crippen MR) is 161 cm³/mol. The Morgan fingerprint density at radius 1 is 0.958 bits per heavy atom. The van der Waals surface area contributed by atoms with Gasteiger partial charge in [0.05, 0.1) is 35.4 Å². The van der Waals surface area contributed by atoms with E-state index in [2.05, 4.69) is 34.7 Å². The zero-order valence-electron chi connectivity index (χ0n) is 26.1. The summed E-state index contributed by atoms with van der Waals surface area (Å²) in [6.45, 7) is 6.70. The van der Waals surface area contributed by atoms with Crippen molar-refractivity contribution in [2.75, 3.05) is 6.61 Å².